The molecule has 5 heteroatoms. The van der Waals surface area contributed by atoms with Crippen molar-refractivity contribution in [3.8, 4) is 0 Å². The van der Waals surface area contributed by atoms with Crippen LogP contribution in [0.3, 0.4) is 0 Å². The molecule has 3 rings (SSSR count). The minimum atomic E-state index is -0.0770. The van der Waals surface area contributed by atoms with E-state index in [0.717, 1.165) is 23.4 Å². The molecule has 0 radical (unpaired) electrons. The summed E-state index contributed by atoms with van der Waals surface area (Å²) in [6.45, 7) is 2.43. The van der Waals surface area contributed by atoms with Gasteiger partial charge in [0.15, 0.2) is 0 Å². The molecule has 0 bridgehead atoms. The molecule has 5 nitrogen and oxygen atoms in total. The summed E-state index contributed by atoms with van der Waals surface area (Å²) in [5.41, 5.74) is 10.5. The zero-order chi connectivity index (χ0) is 16.2. The fourth-order valence-corrected chi connectivity index (χ4v) is 2.47. The lowest BCUT2D eigenvalue weighted by Gasteiger charge is -2.04. The van der Waals surface area contributed by atoms with Crippen LogP contribution in [0.4, 0.5) is 5.69 Å². The second kappa shape index (κ2) is 6.62. The molecule has 0 aliphatic rings. The van der Waals surface area contributed by atoms with Crippen LogP contribution in [0.15, 0.2) is 48.8 Å². The Morgan fingerprint density at radius 3 is 2.70 bits per heavy atom. The zero-order valence-electron chi connectivity index (χ0n) is 13.1. The predicted octanol–water partition coefficient (Wildman–Crippen LogP) is 2.52. The molecule has 0 unspecified atom stereocenters. The minimum absolute atomic E-state index is 0.0770. The van der Waals surface area contributed by atoms with Gasteiger partial charge in [0.05, 0.1) is 11.4 Å². The molecule has 3 aromatic rings. The molecule has 2 aromatic heterocycles. The maximum absolute atomic E-state index is 11.6. The van der Waals surface area contributed by atoms with Crippen molar-refractivity contribution in [1.29, 1.82) is 0 Å². The average molecular weight is 308 g/mol. The molecule has 0 aliphatic carbocycles. The van der Waals surface area contributed by atoms with Crippen LogP contribution in [0.5, 0.6) is 0 Å². The number of benzene rings is 1. The molecule has 2 heterocycles. The first-order valence-electron chi connectivity index (χ1n) is 7.67. The first kappa shape index (κ1) is 15.2. The number of pyridine rings is 1. The molecule has 1 aromatic carbocycles. The Morgan fingerprint density at radius 1 is 1.17 bits per heavy atom. The number of nitrogens with two attached hydrogens (primary N) is 1. The number of imidazole rings is 1. The van der Waals surface area contributed by atoms with Crippen LogP contribution in [0.2, 0.25) is 0 Å². The lowest BCUT2D eigenvalue weighted by atomic mass is 10.1. The van der Waals surface area contributed by atoms with Gasteiger partial charge in [-0.2, -0.15) is 0 Å². The number of hydrogen-bond donors (Lipinski definition) is 2. The molecule has 0 atom stereocenters. The third-order valence-corrected chi connectivity index (χ3v) is 3.66. The van der Waals surface area contributed by atoms with E-state index in [0.29, 0.717) is 13.0 Å². The highest BCUT2D eigenvalue weighted by Gasteiger charge is 2.06. The third-order valence-electron chi connectivity index (χ3n) is 3.66. The quantitative estimate of drug-likeness (QED) is 0.760. The maximum Gasteiger partial charge on any atom is 0.225 e. The molecule has 1 amide bonds. The van der Waals surface area contributed by atoms with Crippen molar-refractivity contribution >= 4 is 17.2 Å². The first-order chi connectivity index (χ1) is 11.1. The Hall–Kier alpha value is -2.66. The number of aromatic nitrogens is 2. The largest absolute Gasteiger partial charge is 0.330 e. The van der Waals surface area contributed by atoms with Crippen molar-refractivity contribution in [2.75, 3.05) is 11.9 Å². The molecular weight excluding hydrogens is 288 g/mol. The average Bonchev–Trinajstić information content (AvgIpc) is 2.91. The second-order valence-corrected chi connectivity index (χ2v) is 5.66. The van der Waals surface area contributed by atoms with Crippen molar-refractivity contribution in [2.24, 2.45) is 5.73 Å². The van der Waals surface area contributed by atoms with Crippen molar-refractivity contribution in [1.82, 2.24) is 9.38 Å². The summed E-state index contributed by atoms with van der Waals surface area (Å²) in [5.74, 6) is -0.0770. The van der Waals surface area contributed by atoms with E-state index in [1.807, 2.05) is 28.9 Å². The van der Waals surface area contributed by atoms with E-state index in [1.54, 1.807) is 0 Å². The summed E-state index contributed by atoms with van der Waals surface area (Å²) in [4.78, 5) is 16.2. The fraction of sp³-hybridized carbons (Fsp3) is 0.222. The van der Waals surface area contributed by atoms with Crippen LogP contribution >= 0.6 is 0 Å². The molecular formula is C18H20N4O. The number of fused-ring (bicyclic) bond motifs is 1. The minimum Gasteiger partial charge on any atom is -0.330 e. The molecule has 0 fully saturated rings. The van der Waals surface area contributed by atoms with Gasteiger partial charge in [-0.3, -0.25) is 4.79 Å². The van der Waals surface area contributed by atoms with Crippen molar-refractivity contribution in [3.05, 3.63) is 65.6 Å². The number of nitrogens with one attached hydrogen (secondary N) is 1. The Kier molecular flexibility index (Phi) is 4.39. The Labute approximate surface area is 135 Å². The number of carbonyl (C=O) groups excluding carboxylic acids is 1. The summed E-state index contributed by atoms with van der Waals surface area (Å²) in [6.07, 6.45) is 4.97. The summed E-state index contributed by atoms with van der Waals surface area (Å²) in [6, 6.07) is 12.2. The van der Waals surface area contributed by atoms with Gasteiger partial charge in [-0.25, -0.2) is 4.98 Å². The summed E-state index contributed by atoms with van der Waals surface area (Å²) < 4.78 is 1.93. The monoisotopic (exact) mass is 308 g/mol. The molecule has 3 N–H and O–H groups in total. The topological polar surface area (TPSA) is 72.4 Å². The van der Waals surface area contributed by atoms with Crippen LogP contribution in [-0.2, 0) is 11.2 Å². The summed E-state index contributed by atoms with van der Waals surface area (Å²) in [5, 5.41) is 2.83. The fourth-order valence-electron chi connectivity index (χ4n) is 2.47. The van der Waals surface area contributed by atoms with Gasteiger partial charge < -0.3 is 15.5 Å². The van der Waals surface area contributed by atoms with Gasteiger partial charge in [-0.15, -0.1) is 0 Å². The molecule has 0 aliphatic heterocycles. The number of nitrogens with zero attached hydrogens (tertiary/aromatic N) is 2. The van der Waals surface area contributed by atoms with Gasteiger partial charge in [0.1, 0.15) is 5.65 Å². The normalized spacial score (nSPS) is 10.9. The number of aryl methyl sites for hydroxylation is 1. The van der Waals surface area contributed by atoms with E-state index in [1.165, 1.54) is 11.1 Å². The van der Waals surface area contributed by atoms with Gasteiger partial charge in [0.2, 0.25) is 5.91 Å². The molecule has 0 saturated carbocycles. The van der Waals surface area contributed by atoms with Gasteiger partial charge in [0.25, 0.3) is 0 Å². The van der Waals surface area contributed by atoms with Gasteiger partial charge in [-0.1, -0.05) is 29.8 Å². The van der Waals surface area contributed by atoms with Crippen LogP contribution < -0.4 is 11.1 Å². The van der Waals surface area contributed by atoms with E-state index in [4.69, 9.17) is 5.73 Å². The maximum atomic E-state index is 11.6. The Balaban J connectivity index is 1.78. The van der Waals surface area contributed by atoms with Crippen LogP contribution in [0.25, 0.3) is 5.65 Å². The first-order valence-corrected chi connectivity index (χ1v) is 7.67. The Morgan fingerprint density at radius 2 is 1.96 bits per heavy atom. The van der Waals surface area contributed by atoms with E-state index in [2.05, 4.69) is 41.5 Å². The van der Waals surface area contributed by atoms with Crippen molar-refractivity contribution in [3.63, 3.8) is 0 Å². The summed E-state index contributed by atoms with van der Waals surface area (Å²) in [7, 11) is 0. The van der Waals surface area contributed by atoms with E-state index in [9.17, 15) is 4.79 Å². The molecule has 0 saturated heterocycles. The highest BCUT2D eigenvalue weighted by molar-refractivity contribution is 5.90. The lowest BCUT2D eigenvalue weighted by Crippen LogP contribution is -2.16. The molecule has 23 heavy (non-hydrogen) atoms. The van der Waals surface area contributed by atoms with E-state index >= 15 is 0 Å². The van der Waals surface area contributed by atoms with E-state index in [-0.39, 0.29) is 5.91 Å². The van der Waals surface area contributed by atoms with Crippen LogP contribution in [0.1, 0.15) is 23.2 Å². The number of rotatable bonds is 5. The smallest absolute Gasteiger partial charge is 0.225 e. The van der Waals surface area contributed by atoms with Gasteiger partial charge in [-0.05, 0) is 24.6 Å². The molecule has 118 valence electrons. The van der Waals surface area contributed by atoms with Gasteiger partial charge >= 0.3 is 0 Å². The number of anilines is 1. The predicted molar refractivity (Wildman–Crippen MR) is 91.5 cm³/mol. The number of carbonyl (C=O) groups is 1. The highest BCUT2D eigenvalue weighted by atomic mass is 16.1. The zero-order valence-corrected chi connectivity index (χ0v) is 13.1. The van der Waals surface area contributed by atoms with Crippen LogP contribution in [-0.4, -0.2) is 21.8 Å². The second-order valence-electron chi connectivity index (χ2n) is 5.66. The SMILES string of the molecule is Cc1ccc(Cc2cn3cc(NC(=O)CCN)ccc3n2)cc1. The van der Waals surface area contributed by atoms with Gasteiger partial charge in [0, 0.05) is 31.8 Å². The standard InChI is InChI=1S/C18H20N4O/c1-13-2-4-14(5-3-13)10-16-12-22-11-15(6-7-17(22)20-16)21-18(23)8-9-19/h2-7,11-12H,8-10,19H2,1H3,(H,21,23). The highest BCUT2D eigenvalue weighted by Crippen LogP contribution is 2.15. The summed E-state index contributed by atoms with van der Waals surface area (Å²) >= 11 is 0. The van der Waals surface area contributed by atoms with Crippen molar-refractivity contribution < 1.29 is 4.79 Å². The lowest BCUT2D eigenvalue weighted by molar-refractivity contribution is -0.116. The number of hydrogen-bond acceptors (Lipinski definition) is 3. The Bertz CT molecular complexity index is 821. The third kappa shape index (κ3) is 3.76. The van der Waals surface area contributed by atoms with Crippen LogP contribution in [0, 0.1) is 6.92 Å². The molecule has 0 spiro atoms. The van der Waals surface area contributed by atoms with Crippen molar-refractivity contribution in [2.45, 2.75) is 19.8 Å². The number of amides is 1. The van der Waals surface area contributed by atoms with E-state index < -0.39 is 0 Å².